The Bertz CT molecular complexity index is 871. The highest BCUT2D eigenvalue weighted by Gasteiger charge is 2.05. The summed E-state index contributed by atoms with van der Waals surface area (Å²) in [5.41, 5.74) is 5.87. The molecular weight excluding hydrogens is 344 g/mol. The Morgan fingerprint density at radius 3 is 2.18 bits per heavy atom. The van der Waals surface area contributed by atoms with Gasteiger partial charge in [-0.1, -0.05) is 72.3 Å². The number of anilines is 1. The van der Waals surface area contributed by atoms with E-state index >= 15 is 0 Å². The molecule has 0 aromatic heterocycles. The summed E-state index contributed by atoms with van der Waals surface area (Å²) < 4.78 is 0. The van der Waals surface area contributed by atoms with Gasteiger partial charge in [0, 0.05) is 25.8 Å². The van der Waals surface area contributed by atoms with Gasteiger partial charge < -0.3 is 10.2 Å². The number of carbonyl (C=O) groups excluding carboxylic acids is 1. The Kier molecular flexibility index (Phi) is 6.85. The molecule has 0 spiro atoms. The van der Waals surface area contributed by atoms with E-state index in [4.69, 9.17) is 0 Å². The summed E-state index contributed by atoms with van der Waals surface area (Å²) in [6.45, 7) is 3.70. The molecule has 3 nitrogen and oxygen atoms in total. The van der Waals surface area contributed by atoms with Crippen LogP contribution in [0.5, 0.6) is 0 Å². The molecule has 1 amide bonds. The predicted molar refractivity (Wildman–Crippen MR) is 118 cm³/mol. The van der Waals surface area contributed by atoms with E-state index in [1.807, 2.05) is 30.3 Å². The number of nitrogens with zero attached hydrogens (tertiary/aromatic N) is 1. The van der Waals surface area contributed by atoms with Crippen molar-refractivity contribution in [3.8, 4) is 11.1 Å². The number of amides is 1. The summed E-state index contributed by atoms with van der Waals surface area (Å²) in [6.07, 6.45) is 1.34. The van der Waals surface area contributed by atoms with E-state index in [-0.39, 0.29) is 5.91 Å². The quantitative estimate of drug-likeness (QED) is 0.574. The van der Waals surface area contributed by atoms with E-state index in [2.05, 4.69) is 72.7 Å². The van der Waals surface area contributed by atoms with Crippen LogP contribution in [0.2, 0.25) is 0 Å². The Labute approximate surface area is 168 Å². The minimum atomic E-state index is 0.0745. The topological polar surface area (TPSA) is 32.3 Å². The summed E-state index contributed by atoms with van der Waals surface area (Å²) >= 11 is 0. The smallest absolute Gasteiger partial charge is 0.224 e. The normalized spacial score (nSPS) is 10.5. The van der Waals surface area contributed by atoms with Crippen molar-refractivity contribution < 1.29 is 4.79 Å². The molecule has 1 N–H and O–H groups in total. The molecule has 0 aliphatic rings. The molecule has 0 aliphatic heterocycles. The van der Waals surface area contributed by atoms with E-state index in [0.717, 1.165) is 18.5 Å². The molecule has 0 bridgehead atoms. The molecule has 3 rings (SSSR count). The van der Waals surface area contributed by atoms with Gasteiger partial charge in [-0.2, -0.15) is 0 Å². The average Bonchev–Trinajstić information content (AvgIpc) is 2.73. The van der Waals surface area contributed by atoms with Crippen molar-refractivity contribution in [3.05, 3.63) is 90.0 Å². The number of carbonyl (C=O) groups is 1. The monoisotopic (exact) mass is 372 g/mol. The van der Waals surface area contributed by atoms with Crippen LogP contribution in [0.4, 0.5) is 5.69 Å². The van der Waals surface area contributed by atoms with Crippen LogP contribution in [0, 0.1) is 6.92 Å². The van der Waals surface area contributed by atoms with E-state index in [0.29, 0.717) is 13.0 Å². The van der Waals surface area contributed by atoms with Gasteiger partial charge in [0.25, 0.3) is 0 Å². The summed E-state index contributed by atoms with van der Waals surface area (Å²) in [6, 6.07) is 27.0. The summed E-state index contributed by atoms with van der Waals surface area (Å²) in [7, 11) is 2.08. The van der Waals surface area contributed by atoms with Crippen LogP contribution in [0.3, 0.4) is 0 Å². The lowest BCUT2D eigenvalue weighted by molar-refractivity contribution is -0.120. The van der Waals surface area contributed by atoms with Crippen LogP contribution in [0.15, 0.2) is 78.9 Å². The zero-order chi connectivity index (χ0) is 19.8. The molecule has 28 heavy (non-hydrogen) atoms. The number of nitrogens with one attached hydrogen (secondary N) is 1. The Morgan fingerprint density at radius 1 is 0.857 bits per heavy atom. The van der Waals surface area contributed by atoms with Gasteiger partial charge >= 0.3 is 0 Å². The second kappa shape index (κ2) is 9.75. The summed E-state index contributed by atoms with van der Waals surface area (Å²) in [5.74, 6) is 0.0745. The van der Waals surface area contributed by atoms with Crippen molar-refractivity contribution in [1.29, 1.82) is 0 Å². The van der Waals surface area contributed by atoms with Crippen LogP contribution in [-0.2, 0) is 11.2 Å². The Balaban J connectivity index is 1.40. The lowest BCUT2D eigenvalue weighted by atomic mass is 10.0. The van der Waals surface area contributed by atoms with Gasteiger partial charge in [-0.05, 0) is 42.2 Å². The second-order valence-corrected chi connectivity index (χ2v) is 7.20. The molecule has 0 unspecified atom stereocenters. The van der Waals surface area contributed by atoms with Gasteiger partial charge in [-0.15, -0.1) is 0 Å². The van der Waals surface area contributed by atoms with Crippen LogP contribution in [0.25, 0.3) is 11.1 Å². The zero-order valence-corrected chi connectivity index (χ0v) is 16.7. The Hall–Kier alpha value is -3.07. The maximum atomic E-state index is 12.2. The van der Waals surface area contributed by atoms with Crippen molar-refractivity contribution in [2.24, 2.45) is 0 Å². The van der Waals surface area contributed by atoms with Crippen molar-refractivity contribution in [3.63, 3.8) is 0 Å². The van der Waals surface area contributed by atoms with E-state index in [1.54, 1.807) is 0 Å². The summed E-state index contributed by atoms with van der Waals surface area (Å²) in [5, 5.41) is 3.03. The molecule has 0 radical (unpaired) electrons. The van der Waals surface area contributed by atoms with Gasteiger partial charge in [0.15, 0.2) is 0 Å². The molecule has 3 aromatic rings. The first-order valence-electron chi connectivity index (χ1n) is 9.81. The van der Waals surface area contributed by atoms with E-state index in [9.17, 15) is 4.79 Å². The molecule has 3 heteroatoms. The number of aryl methyl sites for hydroxylation is 1. The first kappa shape index (κ1) is 19.7. The molecule has 0 heterocycles. The van der Waals surface area contributed by atoms with E-state index in [1.165, 1.54) is 22.4 Å². The van der Waals surface area contributed by atoms with Gasteiger partial charge in [0.2, 0.25) is 5.91 Å². The fourth-order valence-corrected chi connectivity index (χ4v) is 3.17. The standard InChI is InChI=1S/C25H28N2O/c1-20-9-15-24(16-10-20)27(2)18-6-17-26-25(28)19-21-11-13-23(14-12-21)22-7-4-3-5-8-22/h3-5,7-16H,6,17-19H2,1-2H3,(H,26,28). The second-order valence-electron chi connectivity index (χ2n) is 7.20. The maximum Gasteiger partial charge on any atom is 0.224 e. The minimum absolute atomic E-state index is 0.0745. The predicted octanol–water partition coefficient (Wildman–Crippen LogP) is 4.85. The van der Waals surface area contributed by atoms with Crippen LogP contribution in [-0.4, -0.2) is 26.0 Å². The molecule has 0 fully saturated rings. The highest BCUT2D eigenvalue weighted by Crippen LogP contribution is 2.19. The molecule has 0 saturated heterocycles. The number of rotatable bonds is 8. The van der Waals surface area contributed by atoms with Crippen molar-refractivity contribution in [2.75, 3.05) is 25.0 Å². The first-order valence-corrected chi connectivity index (χ1v) is 9.81. The van der Waals surface area contributed by atoms with E-state index < -0.39 is 0 Å². The molecule has 144 valence electrons. The SMILES string of the molecule is Cc1ccc(N(C)CCCNC(=O)Cc2ccc(-c3ccccc3)cc2)cc1. The summed E-state index contributed by atoms with van der Waals surface area (Å²) in [4.78, 5) is 14.4. The fourth-order valence-electron chi connectivity index (χ4n) is 3.17. The minimum Gasteiger partial charge on any atom is -0.375 e. The highest BCUT2D eigenvalue weighted by molar-refractivity contribution is 5.78. The number of hydrogen-bond acceptors (Lipinski definition) is 2. The van der Waals surface area contributed by atoms with Gasteiger partial charge in [-0.3, -0.25) is 4.79 Å². The number of hydrogen-bond donors (Lipinski definition) is 1. The van der Waals surface area contributed by atoms with Crippen LogP contribution in [0.1, 0.15) is 17.5 Å². The fraction of sp³-hybridized carbons (Fsp3) is 0.240. The Morgan fingerprint density at radius 2 is 1.50 bits per heavy atom. The molecule has 0 atom stereocenters. The van der Waals surface area contributed by atoms with Crippen molar-refractivity contribution in [1.82, 2.24) is 5.32 Å². The average molecular weight is 373 g/mol. The molecular formula is C25H28N2O. The lowest BCUT2D eigenvalue weighted by Gasteiger charge is -2.19. The number of benzene rings is 3. The van der Waals surface area contributed by atoms with Crippen molar-refractivity contribution in [2.45, 2.75) is 19.8 Å². The molecule has 0 aliphatic carbocycles. The maximum absolute atomic E-state index is 12.2. The third-order valence-electron chi connectivity index (χ3n) is 4.89. The zero-order valence-electron chi connectivity index (χ0n) is 16.7. The van der Waals surface area contributed by atoms with Crippen LogP contribution >= 0.6 is 0 Å². The van der Waals surface area contributed by atoms with Crippen LogP contribution < -0.4 is 10.2 Å². The highest BCUT2D eigenvalue weighted by atomic mass is 16.1. The van der Waals surface area contributed by atoms with Gasteiger partial charge in [0.1, 0.15) is 0 Å². The van der Waals surface area contributed by atoms with Gasteiger partial charge in [-0.25, -0.2) is 0 Å². The largest absolute Gasteiger partial charge is 0.375 e. The third-order valence-corrected chi connectivity index (χ3v) is 4.89. The van der Waals surface area contributed by atoms with Gasteiger partial charge in [0.05, 0.1) is 6.42 Å². The lowest BCUT2D eigenvalue weighted by Crippen LogP contribution is -2.29. The molecule has 0 saturated carbocycles. The van der Waals surface area contributed by atoms with Crippen molar-refractivity contribution >= 4 is 11.6 Å². The molecule has 3 aromatic carbocycles. The first-order chi connectivity index (χ1) is 13.6. The third kappa shape index (κ3) is 5.71.